The van der Waals surface area contributed by atoms with Crippen molar-refractivity contribution in [1.82, 2.24) is 0 Å². The summed E-state index contributed by atoms with van der Waals surface area (Å²) in [5.74, 6) is 0. The predicted octanol–water partition coefficient (Wildman–Crippen LogP) is 1.94. The van der Waals surface area contributed by atoms with Crippen LogP contribution in [0.4, 0.5) is 13.2 Å². The quantitative estimate of drug-likeness (QED) is 0.701. The fourth-order valence-electron chi connectivity index (χ4n) is 1.98. The SMILES string of the molecule is CCc1cccc2c1cc(C)[s+]2C(F)(F)F.[Cl-]. The molecule has 1 unspecified atom stereocenters. The molecule has 0 saturated carbocycles. The molecular formula is C12H12ClF3S. The zero-order chi connectivity index (χ0) is 11.9. The fourth-order valence-corrected chi connectivity index (χ4v) is 3.80. The maximum absolute atomic E-state index is 12.9. The van der Waals surface area contributed by atoms with E-state index in [1.165, 1.54) is 0 Å². The summed E-state index contributed by atoms with van der Waals surface area (Å²) in [7, 11) is -1.72. The van der Waals surface area contributed by atoms with Crippen molar-refractivity contribution in [3.8, 4) is 0 Å². The van der Waals surface area contributed by atoms with Crippen LogP contribution in [-0.2, 0) is 11.9 Å². The second-order valence-corrected chi connectivity index (χ2v) is 5.85. The van der Waals surface area contributed by atoms with Crippen molar-refractivity contribution < 1.29 is 25.6 Å². The molecule has 0 nitrogen and oxygen atoms in total. The molecule has 2 rings (SSSR count). The molecule has 0 N–H and O–H groups in total. The van der Waals surface area contributed by atoms with Crippen molar-refractivity contribution in [2.45, 2.75) is 25.8 Å². The molecule has 0 radical (unpaired) electrons. The number of halogens is 4. The number of rotatable bonds is 1. The molecule has 94 valence electrons. The number of fused-ring (bicyclic) bond motifs is 1. The second-order valence-electron chi connectivity index (χ2n) is 3.69. The third-order valence-electron chi connectivity index (χ3n) is 2.66. The Bertz CT molecular complexity index is 528. The molecule has 0 bridgehead atoms. The van der Waals surface area contributed by atoms with E-state index in [2.05, 4.69) is 0 Å². The van der Waals surface area contributed by atoms with Crippen LogP contribution in [0.5, 0.6) is 0 Å². The number of hydrogen-bond donors (Lipinski definition) is 0. The van der Waals surface area contributed by atoms with Gasteiger partial charge in [-0.3, -0.25) is 0 Å². The van der Waals surface area contributed by atoms with Gasteiger partial charge in [-0.2, -0.15) is 0 Å². The van der Waals surface area contributed by atoms with Crippen LogP contribution in [0, 0.1) is 6.92 Å². The first-order valence-corrected chi connectivity index (χ1v) is 6.29. The van der Waals surface area contributed by atoms with Crippen molar-refractivity contribution in [2.75, 3.05) is 0 Å². The molecule has 0 fully saturated rings. The molecule has 0 aliphatic heterocycles. The number of hydrogen-bond acceptors (Lipinski definition) is 0. The summed E-state index contributed by atoms with van der Waals surface area (Å²) >= 11 is 0. The van der Waals surface area contributed by atoms with Crippen LogP contribution in [-0.4, -0.2) is 0 Å². The first kappa shape index (κ1) is 14.3. The normalized spacial score (nSPS) is 12.6. The van der Waals surface area contributed by atoms with Crippen molar-refractivity contribution in [1.29, 1.82) is 0 Å². The van der Waals surface area contributed by atoms with Crippen LogP contribution >= 0.6 is 10.5 Å². The average Bonchev–Trinajstić information content (AvgIpc) is 2.52. The van der Waals surface area contributed by atoms with E-state index in [0.717, 1.165) is 17.4 Å². The Labute approximate surface area is 107 Å². The lowest BCUT2D eigenvalue weighted by Gasteiger charge is -1.98. The minimum absolute atomic E-state index is 0. The van der Waals surface area contributed by atoms with Gasteiger partial charge >= 0.3 is 5.51 Å². The van der Waals surface area contributed by atoms with Gasteiger partial charge in [-0.15, -0.1) is 13.2 Å². The lowest BCUT2D eigenvalue weighted by molar-refractivity contribution is -0.0867. The van der Waals surface area contributed by atoms with Gasteiger partial charge < -0.3 is 12.4 Å². The highest BCUT2D eigenvalue weighted by Gasteiger charge is 2.47. The summed E-state index contributed by atoms with van der Waals surface area (Å²) in [5, 5.41) is 0.781. The van der Waals surface area contributed by atoms with Crippen LogP contribution in [0.1, 0.15) is 17.4 Å². The summed E-state index contributed by atoms with van der Waals surface area (Å²) in [5.41, 5.74) is -3.16. The molecule has 0 amide bonds. The van der Waals surface area contributed by atoms with E-state index in [1.54, 1.807) is 25.1 Å². The van der Waals surface area contributed by atoms with Gasteiger partial charge in [0.25, 0.3) is 0 Å². The Morgan fingerprint density at radius 2 is 1.88 bits per heavy atom. The monoisotopic (exact) mass is 280 g/mol. The van der Waals surface area contributed by atoms with E-state index in [-0.39, 0.29) is 12.4 Å². The summed E-state index contributed by atoms with van der Waals surface area (Å²) in [6.45, 7) is 3.53. The van der Waals surface area contributed by atoms with Crippen LogP contribution in [0.3, 0.4) is 0 Å². The van der Waals surface area contributed by atoms with Gasteiger partial charge in [0.05, 0.1) is 10.5 Å². The zero-order valence-corrected chi connectivity index (χ0v) is 11.0. The van der Waals surface area contributed by atoms with Crippen LogP contribution in [0.15, 0.2) is 24.3 Å². The molecule has 1 aromatic heterocycles. The standard InChI is InChI=1S/C12H12F3S.ClH/c1-3-9-5-4-6-11-10(9)7-8(2)16(11)12(13,14)15;/h4-7H,3H2,1-2H3;1H/q+1;/p-1. The van der Waals surface area contributed by atoms with E-state index in [9.17, 15) is 13.2 Å². The van der Waals surface area contributed by atoms with Crippen molar-refractivity contribution in [2.24, 2.45) is 0 Å². The number of alkyl halides is 3. The number of benzene rings is 1. The minimum Gasteiger partial charge on any atom is -1.00 e. The van der Waals surface area contributed by atoms with Crippen LogP contribution in [0.25, 0.3) is 10.1 Å². The van der Waals surface area contributed by atoms with Crippen molar-refractivity contribution >= 4 is 20.6 Å². The summed E-state index contributed by atoms with van der Waals surface area (Å²) < 4.78 is 39.1. The topological polar surface area (TPSA) is 0 Å². The van der Waals surface area contributed by atoms with Crippen LogP contribution in [0.2, 0.25) is 0 Å². The molecule has 1 aromatic carbocycles. The molecule has 0 saturated heterocycles. The molecule has 2 aromatic rings. The molecule has 1 heterocycles. The maximum atomic E-state index is 12.9. The molecule has 0 aliphatic rings. The minimum atomic E-state index is -4.15. The largest absolute Gasteiger partial charge is 1.00 e. The highest BCUT2D eigenvalue weighted by Crippen LogP contribution is 2.50. The summed E-state index contributed by atoms with van der Waals surface area (Å²) in [4.78, 5) is 0.420. The molecule has 5 heteroatoms. The Morgan fingerprint density at radius 1 is 1.24 bits per heavy atom. The first-order valence-electron chi connectivity index (χ1n) is 5.06. The second kappa shape index (κ2) is 4.86. The third-order valence-corrected chi connectivity index (χ3v) is 4.68. The molecular weight excluding hydrogens is 269 g/mol. The van der Waals surface area contributed by atoms with E-state index in [1.807, 2.05) is 13.0 Å². The van der Waals surface area contributed by atoms with Gasteiger partial charge in [0.15, 0.2) is 9.58 Å². The van der Waals surface area contributed by atoms with E-state index < -0.39 is 16.0 Å². The smallest absolute Gasteiger partial charge is 0.600 e. The van der Waals surface area contributed by atoms with E-state index >= 15 is 0 Å². The first-order chi connectivity index (χ1) is 7.45. The van der Waals surface area contributed by atoms with Gasteiger partial charge in [-0.1, -0.05) is 19.1 Å². The Morgan fingerprint density at radius 3 is 2.41 bits per heavy atom. The van der Waals surface area contributed by atoms with E-state index in [0.29, 0.717) is 9.58 Å². The Balaban J connectivity index is 0.00000144. The third kappa shape index (κ3) is 2.43. The molecule has 17 heavy (non-hydrogen) atoms. The van der Waals surface area contributed by atoms with Gasteiger partial charge in [-0.25, -0.2) is 0 Å². The van der Waals surface area contributed by atoms with Gasteiger partial charge in [-0.05, 0) is 18.1 Å². The maximum Gasteiger partial charge on any atom is 0.600 e. The highest BCUT2D eigenvalue weighted by molar-refractivity contribution is 7.38. The highest BCUT2D eigenvalue weighted by atomic mass is 35.5. The van der Waals surface area contributed by atoms with Gasteiger partial charge in [0.1, 0.15) is 0 Å². The average molecular weight is 281 g/mol. The summed E-state index contributed by atoms with van der Waals surface area (Å²) in [6, 6.07) is 6.89. The fraction of sp³-hybridized carbons (Fsp3) is 0.333. The number of aryl methyl sites for hydroxylation is 2. The Hall–Kier alpha value is -0.740. The summed E-state index contributed by atoms with van der Waals surface area (Å²) in [6.07, 6.45) is 0.766. The number of thiophene rings is 1. The van der Waals surface area contributed by atoms with Gasteiger partial charge in [0, 0.05) is 18.4 Å². The Kier molecular flexibility index (Phi) is 4.10. The lowest BCUT2D eigenvalue weighted by Crippen LogP contribution is -3.00. The predicted molar refractivity (Wildman–Crippen MR) is 61.8 cm³/mol. The van der Waals surface area contributed by atoms with Crippen LogP contribution < -0.4 is 12.4 Å². The lowest BCUT2D eigenvalue weighted by atomic mass is 10.1. The van der Waals surface area contributed by atoms with Crippen molar-refractivity contribution in [3.05, 3.63) is 34.7 Å². The molecule has 0 aliphatic carbocycles. The zero-order valence-electron chi connectivity index (χ0n) is 9.44. The van der Waals surface area contributed by atoms with Gasteiger partial charge in [0.2, 0.25) is 0 Å². The van der Waals surface area contributed by atoms with Crippen molar-refractivity contribution in [3.63, 3.8) is 0 Å². The molecule has 0 spiro atoms. The molecule has 1 atom stereocenters. The van der Waals surface area contributed by atoms with E-state index in [4.69, 9.17) is 0 Å².